The Morgan fingerprint density at radius 2 is 1.35 bits per heavy atom. The number of benzene rings is 3. The number of rotatable bonds is 3. The van der Waals surface area contributed by atoms with Gasteiger partial charge in [0.2, 0.25) is 0 Å². The first-order valence-electron chi connectivity index (χ1n) is 6.44. The second-order valence-electron chi connectivity index (χ2n) is 4.46. The van der Waals surface area contributed by atoms with Gasteiger partial charge in [-0.15, -0.1) is 0 Å². The first-order valence-corrected chi connectivity index (χ1v) is 6.44. The molecule has 3 aromatic carbocycles. The van der Waals surface area contributed by atoms with Crippen molar-refractivity contribution in [2.45, 2.75) is 0 Å². The largest absolute Gasteiger partial charge is 0.504 e. The third-order valence-corrected chi connectivity index (χ3v) is 3.03. The summed E-state index contributed by atoms with van der Waals surface area (Å²) in [5.74, 6) is 1.29. The SMILES string of the molecule is Oc1ccccc1Oc1cccc(-c2ccccc2)c1. The van der Waals surface area contributed by atoms with Crippen LogP contribution in [-0.2, 0) is 0 Å². The lowest BCUT2D eigenvalue weighted by atomic mass is 10.1. The van der Waals surface area contributed by atoms with Gasteiger partial charge in [0.1, 0.15) is 5.75 Å². The molecule has 0 aliphatic carbocycles. The third kappa shape index (κ3) is 2.64. The molecule has 0 saturated heterocycles. The molecule has 0 unspecified atom stereocenters. The number of aromatic hydroxyl groups is 1. The van der Waals surface area contributed by atoms with Crippen LogP contribution in [-0.4, -0.2) is 5.11 Å². The van der Waals surface area contributed by atoms with E-state index in [9.17, 15) is 5.11 Å². The van der Waals surface area contributed by atoms with Gasteiger partial charge in [0.15, 0.2) is 11.5 Å². The maximum Gasteiger partial charge on any atom is 0.169 e. The Labute approximate surface area is 117 Å². The highest BCUT2D eigenvalue weighted by Gasteiger charge is 2.04. The molecular formula is C18H14O2. The second-order valence-corrected chi connectivity index (χ2v) is 4.46. The summed E-state index contributed by atoms with van der Waals surface area (Å²) in [5.41, 5.74) is 2.22. The molecule has 98 valence electrons. The summed E-state index contributed by atoms with van der Waals surface area (Å²) >= 11 is 0. The lowest BCUT2D eigenvalue weighted by molar-refractivity contribution is 0.411. The lowest BCUT2D eigenvalue weighted by Gasteiger charge is -2.09. The summed E-state index contributed by atoms with van der Waals surface area (Å²) in [6.07, 6.45) is 0. The molecule has 0 heterocycles. The fraction of sp³-hybridized carbons (Fsp3) is 0. The van der Waals surface area contributed by atoms with Gasteiger partial charge in [0.25, 0.3) is 0 Å². The summed E-state index contributed by atoms with van der Waals surface area (Å²) < 4.78 is 5.72. The number of para-hydroxylation sites is 2. The zero-order valence-electron chi connectivity index (χ0n) is 10.9. The van der Waals surface area contributed by atoms with Crippen LogP contribution in [0.15, 0.2) is 78.9 Å². The molecule has 0 aliphatic heterocycles. The van der Waals surface area contributed by atoms with E-state index in [4.69, 9.17) is 4.74 Å². The van der Waals surface area contributed by atoms with E-state index in [1.807, 2.05) is 48.5 Å². The summed E-state index contributed by atoms with van der Waals surface area (Å²) in [7, 11) is 0. The highest BCUT2D eigenvalue weighted by molar-refractivity contribution is 5.65. The topological polar surface area (TPSA) is 29.5 Å². The molecule has 0 amide bonds. The van der Waals surface area contributed by atoms with Gasteiger partial charge in [-0.25, -0.2) is 0 Å². The van der Waals surface area contributed by atoms with Crippen molar-refractivity contribution in [2.75, 3.05) is 0 Å². The number of ether oxygens (including phenoxy) is 1. The minimum atomic E-state index is 0.137. The van der Waals surface area contributed by atoms with E-state index >= 15 is 0 Å². The summed E-state index contributed by atoms with van der Waals surface area (Å²) in [4.78, 5) is 0. The van der Waals surface area contributed by atoms with Crippen LogP contribution in [0.25, 0.3) is 11.1 Å². The van der Waals surface area contributed by atoms with Crippen molar-refractivity contribution >= 4 is 0 Å². The molecular weight excluding hydrogens is 248 g/mol. The average molecular weight is 262 g/mol. The first-order chi connectivity index (χ1) is 9.83. The van der Waals surface area contributed by atoms with Gasteiger partial charge in [0, 0.05) is 0 Å². The van der Waals surface area contributed by atoms with Crippen molar-refractivity contribution in [1.29, 1.82) is 0 Å². The van der Waals surface area contributed by atoms with Gasteiger partial charge >= 0.3 is 0 Å². The molecule has 0 aromatic heterocycles. The monoisotopic (exact) mass is 262 g/mol. The quantitative estimate of drug-likeness (QED) is 0.731. The molecule has 0 radical (unpaired) electrons. The normalized spacial score (nSPS) is 10.2. The number of hydrogen-bond acceptors (Lipinski definition) is 2. The van der Waals surface area contributed by atoms with Crippen molar-refractivity contribution in [3.63, 3.8) is 0 Å². The van der Waals surface area contributed by atoms with E-state index in [0.717, 1.165) is 11.1 Å². The van der Waals surface area contributed by atoms with Gasteiger partial charge < -0.3 is 9.84 Å². The number of phenols is 1. The fourth-order valence-corrected chi connectivity index (χ4v) is 2.04. The van der Waals surface area contributed by atoms with Crippen LogP contribution in [0.2, 0.25) is 0 Å². The van der Waals surface area contributed by atoms with E-state index < -0.39 is 0 Å². The van der Waals surface area contributed by atoms with Crippen molar-refractivity contribution in [3.8, 4) is 28.4 Å². The van der Waals surface area contributed by atoms with Crippen LogP contribution >= 0.6 is 0 Å². The zero-order valence-corrected chi connectivity index (χ0v) is 10.9. The zero-order chi connectivity index (χ0) is 13.8. The fourth-order valence-electron chi connectivity index (χ4n) is 2.04. The van der Waals surface area contributed by atoms with Crippen molar-refractivity contribution < 1.29 is 9.84 Å². The maximum atomic E-state index is 9.73. The number of phenolic OH excluding ortho intramolecular Hbond substituents is 1. The lowest BCUT2D eigenvalue weighted by Crippen LogP contribution is -1.85. The minimum absolute atomic E-state index is 0.137. The molecule has 3 rings (SSSR count). The van der Waals surface area contributed by atoms with Crippen LogP contribution in [0, 0.1) is 0 Å². The molecule has 0 bridgehead atoms. The van der Waals surface area contributed by atoms with E-state index in [0.29, 0.717) is 11.5 Å². The van der Waals surface area contributed by atoms with Gasteiger partial charge in [0.05, 0.1) is 0 Å². The van der Waals surface area contributed by atoms with Crippen LogP contribution in [0.5, 0.6) is 17.2 Å². The Bertz CT molecular complexity index is 705. The molecule has 0 aliphatic rings. The Morgan fingerprint density at radius 3 is 2.15 bits per heavy atom. The van der Waals surface area contributed by atoms with Crippen LogP contribution in [0.4, 0.5) is 0 Å². The van der Waals surface area contributed by atoms with Crippen molar-refractivity contribution in [2.24, 2.45) is 0 Å². The van der Waals surface area contributed by atoms with Crippen LogP contribution < -0.4 is 4.74 Å². The van der Waals surface area contributed by atoms with Crippen LogP contribution in [0.1, 0.15) is 0 Å². The molecule has 0 fully saturated rings. The van der Waals surface area contributed by atoms with Gasteiger partial charge in [-0.1, -0.05) is 54.6 Å². The average Bonchev–Trinajstić information content (AvgIpc) is 2.51. The molecule has 0 spiro atoms. The summed E-state index contributed by atoms with van der Waals surface area (Å²) in [6.45, 7) is 0. The predicted molar refractivity (Wildman–Crippen MR) is 80.1 cm³/mol. The minimum Gasteiger partial charge on any atom is -0.504 e. The molecule has 2 nitrogen and oxygen atoms in total. The Hall–Kier alpha value is -2.74. The predicted octanol–water partition coefficient (Wildman–Crippen LogP) is 4.85. The smallest absolute Gasteiger partial charge is 0.169 e. The summed E-state index contributed by atoms with van der Waals surface area (Å²) in [5, 5.41) is 9.73. The molecule has 20 heavy (non-hydrogen) atoms. The Balaban J connectivity index is 1.91. The van der Waals surface area contributed by atoms with Gasteiger partial charge in [-0.2, -0.15) is 0 Å². The molecule has 0 atom stereocenters. The standard InChI is InChI=1S/C18H14O2/c19-17-11-4-5-12-18(17)20-16-10-6-9-15(13-16)14-7-2-1-3-8-14/h1-13,19H. The third-order valence-electron chi connectivity index (χ3n) is 3.03. The van der Waals surface area contributed by atoms with Gasteiger partial charge in [-0.05, 0) is 35.4 Å². The first kappa shape index (κ1) is 12.3. The van der Waals surface area contributed by atoms with E-state index in [-0.39, 0.29) is 5.75 Å². The highest BCUT2D eigenvalue weighted by atomic mass is 16.5. The molecule has 1 N–H and O–H groups in total. The molecule has 2 heteroatoms. The van der Waals surface area contributed by atoms with Crippen LogP contribution in [0.3, 0.4) is 0 Å². The Kier molecular flexibility index (Phi) is 3.38. The highest BCUT2D eigenvalue weighted by Crippen LogP contribution is 2.31. The molecule has 3 aromatic rings. The van der Waals surface area contributed by atoms with E-state index in [1.165, 1.54) is 0 Å². The number of hydrogen-bond donors (Lipinski definition) is 1. The summed E-state index contributed by atoms with van der Waals surface area (Å²) in [6, 6.07) is 24.9. The second kappa shape index (κ2) is 5.49. The van der Waals surface area contributed by atoms with Crippen molar-refractivity contribution in [3.05, 3.63) is 78.9 Å². The van der Waals surface area contributed by atoms with E-state index in [1.54, 1.807) is 18.2 Å². The Morgan fingerprint density at radius 1 is 0.650 bits per heavy atom. The van der Waals surface area contributed by atoms with Gasteiger partial charge in [-0.3, -0.25) is 0 Å². The van der Waals surface area contributed by atoms with E-state index in [2.05, 4.69) is 12.1 Å². The van der Waals surface area contributed by atoms with Crippen molar-refractivity contribution in [1.82, 2.24) is 0 Å². The maximum absolute atomic E-state index is 9.73. The molecule has 0 saturated carbocycles.